The van der Waals surface area contributed by atoms with Crippen LogP contribution in [-0.4, -0.2) is 33.7 Å². The number of amides is 1. The molecule has 0 aromatic carbocycles. The minimum atomic E-state index is 0.298. The average Bonchev–Trinajstić information content (AvgIpc) is 2.75. The molecule has 112 valence electrons. The largest absolute Gasteiger partial charge is 0.342 e. The number of carbonyl (C=O) groups is 1. The molecule has 0 bridgehead atoms. The lowest BCUT2D eigenvalue weighted by atomic mass is 9.91. The topological polar surface area (TPSA) is 38.1 Å². The van der Waals surface area contributed by atoms with E-state index in [4.69, 9.17) is 0 Å². The van der Waals surface area contributed by atoms with Crippen LogP contribution in [0.4, 0.5) is 0 Å². The van der Waals surface area contributed by atoms with Gasteiger partial charge in [-0.05, 0) is 44.1 Å². The van der Waals surface area contributed by atoms with Crippen molar-refractivity contribution in [3.63, 3.8) is 0 Å². The van der Waals surface area contributed by atoms with Crippen molar-refractivity contribution in [2.24, 2.45) is 11.8 Å². The van der Waals surface area contributed by atoms with Crippen LogP contribution >= 0.6 is 0 Å². The SMILES string of the molecule is CCn1cc(CCC(=O)N2C[C@H](C)C[C@H](C)C2)c(C)n1. The summed E-state index contributed by atoms with van der Waals surface area (Å²) in [7, 11) is 0. The summed E-state index contributed by atoms with van der Waals surface area (Å²) in [6.45, 7) is 11.3. The van der Waals surface area contributed by atoms with Crippen molar-refractivity contribution in [3.05, 3.63) is 17.5 Å². The highest BCUT2D eigenvalue weighted by atomic mass is 16.2. The molecule has 4 nitrogen and oxygen atoms in total. The van der Waals surface area contributed by atoms with Gasteiger partial charge in [-0.1, -0.05) is 13.8 Å². The minimum Gasteiger partial charge on any atom is -0.342 e. The quantitative estimate of drug-likeness (QED) is 0.848. The van der Waals surface area contributed by atoms with Gasteiger partial charge in [0.1, 0.15) is 0 Å². The van der Waals surface area contributed by atoms with Crippen LogP contribution in [0.15, 0.2) is 6.20 Å². The van der Waals surface area contributed by atoms with Gasteiger partial charge >= 0.3 is 0 Å². The zero-order valence-electron chi connectivity index (χ0n) is 13.2. The number of piperidine rings is 1. The van der Waals surface area contributed by atoms with Gasteiger partial charge in [-0.3, -0.25) is 9.48 Å². The van der Waals surface area contributed by atoms with E-state index >= 15 is 0 Å². The number of rotatable bonds is 4. The smallest absolute Gasteiger partial charge is 0.222 e. The van der Waals surface area contributed by atoms with E-state index in [0.717, 1.165) is 31.7 Å². The average molecular weight is 277 g/mol. The van der Waals surface area contributed by atoms with Crippen molar-refractivity contribution in [2.75, 3.05) is 13.1 Å². The second-order valence-electron chi connectivity index (χ2n) is 6.34. The van der Waals surface area contributed by atoms with Gasteiger partial charge < -0.3 is 4.90 Å². The van der Waals surface area contributed by atoms with Crippen LogP contribution in [0.2, 0.25) is 0 Å². The predicted octanol–water partition coefficient (Wildman–Crippen LogP) is 2.65. The lowest BCUT2D eigenvalue weighted by Crippen LogP contribution is -2.42. The minimum absolute atomic E-state index is 0.298. The number of likely N-dealkylation sites (tertiary alicyclic amines) is 1. The molecule has 4 heteroatoms. The zero-order chi connectivity index (χ0) is 14.7. The van der Waals surface area contributed by atoms with Crippen LogP contribution < -0.4 is 0 Å². The standard InChI is InChI=1S/C16H27N3O/c1-5-19-11-15(14(4)17-19)6-7-16(20)18-9-12(2)8-13(3)10-18/h11-13H,5-10H2,1-4H3/t12-,13+. The molecule has 1 aromatic rings. The molecule has 2 heterocycles. The first kappa shape index (κ1) is 15.1. The van der Waals surface area contributed by atoms with E-state index in [1.807, 2.05) is 11.6 Å². The Bertz CT molecular complexity index is 456. The lowest BCUT2D eigenvalue weighted by molar-refractivity contribution is -0.133. The van der Waals surface area contributed by atoms with E-state index < -0.39 is 0 Å². The van der Waals surface area contributed by atoms with E-state index in [1.54, 1.807) is 0 Å². The number of hydrogen-bond donors (Lipinski definition) is 0. The third kappa shape index (κ3) is 3.62. The first-order valence-corrected chi connectivity index (χ1v) is 7.80. The molecule has 1 aliphatic heterocycles. The van der Waals surface area contributed by atoms with Gasteiger partial charge in [0, 0.05) is 32.3 Å². The molecule has 2 atom stereocenters. The molecule has 1 saturated heterocycles. The van der Waals surface area contributed by atoms with Crippen molar-refractivity contribution < 1.29 is 4.79 Å². The number of aryl methyl sites for hydroxylation is 3. The summed E-state index contributed by atoms with van der Waals surface area (Å²) < 4.78 is 1.94. The molecule has 1 fully saturated rings. The fraction of sp³-hybridized carbons (Fsp3) is 0.750. The van der Waals surface area contributed by atoms with Crippen LogP contribution in [0.25, 0.3) is 0 Å². The van der Waals surface area contributed by atoms with Crippen LogP contribution in [0, 0.1) is 18.8 Å². The molecular formula is C16H27N3O. The Morgan fingerprint density at radius 2 is 2.00 bits per heavy atom. The van der Waals surface area contributed by atoms with Crippen molar-refractivity contribution in [1.82, 2.24) is 14.7 Å². The molecule has 0 saturated carbocycles. The summed E-state index contributed by atoms with van der Waals surface area (Å²) in [5, 5.41) is 4.44. The van der Waals surface area contributed by atoms with Crippen molar-refractivity contribution in [3.8, 4) is 0 Å². The maximum atomic E-state index is 12.3. The van der Waals surface area contributed by atoms with Crippen LogP contribution in [0.5, 0.6) is 0 Å². The Morgan fingerprint density at radius 1 is 1.35 bits per heavy atom. The van der Waals surface area contributed by atoms with E-state index in [-0.39, 0.29) is 0 Å². The van der Waals surface area contributed by atoms with Crippen molar-refractivity contribution in [1.29, 1.82) is 0 Å². The summed E-state index contributed by atoms with van der Waals surface area (Å²) in [4.78, 5) is 14.4. The van der Waals surface area contributed by atoms with E-state index in [0.29, 0.717) is 24.2 Å². The van der Waals surface area contributed by atoms with Gasteiger partial charge in [-0.2, -0.15) is 5.10 Å². The van der Waals surface area contributed by atoms with Gasteiger partial charge in [0.05, 0.1) is 5.69 Å². The molecule has 2 rings (SSSR count). The second kappa shape index (κ2) is 6.42. The number of carbonyl (C=O) groups excluding carboxylic acids is 1. The molecule has 0 spiro atoms. The maximum Gasteiger partial charge on any atom is 0.222 e. The molecule has 0 unspecified atom stereocenters. The number of nitrogens with zero attached hydrogens (tertiary/aromatic N) is 3. The molecule has 1 aliphatic rings. The molecule has 20 heavy (non-hydrogen) atoms. The molecule has 1 amide bonds. The number of aromatic nitrogens is 2. The summed E-state index contributed by atoms with van der Waals surface area (Å²) in [6, 6.07) is 0. The van der Waals surface area contributed by atoms with Gasteiger partial charge in [-0.15, -0.1) is 0 Å². The third-order valence-electron chi connectivity index (χ3n) is 4.20. The van der Waals surface area contributed by atoms with Gasteiger partial charge in [0.25, 0.3) is 0 Å². The fourth-order valence-electron chi connectivity index (χ4n) is 3.23. The highest BCUT2D eigenvalue weighted by Gasteiger charge is 2.25. The zero-order valence-corrected chi connectivity index (χ0v) is 13.2. The second-order valence-corrected chi connectivity index (χ2v) is 6.34. The van der Waals surface area contributed by atoms with Crippen LogP contribution in [-0.2, 0) is 17.8 Å². The summed E-state index contributed by atoms with van der Waals surface area (Å²) >= 11 is 0. The molecular weight excluding hydrogens is 250 g/mol. The van der Waals surface area contributed by atoms with E-state index in [1.165, 1.54) is 12.0 Å². The molecule has 1 aromatic heterocycles. The van der Waals surface area contributed by atoms with Gasteiger partial charge in [0.15, 0.2) is 0 Å². The Morgan fingerprint density at radius 3 is 2.55 bits per heavy atom. The predicted molar refractivity (Wildman–Crippen MR) is 80.5 cm³/mol. The first-order valence-electron chi connectivity index (χ1n) is 7.80. The Balaban J connectivity index is 1.89. The molecule has 0 N–H and O–H groups in total. The lowest BCUT2D eigenvalue weighted by Gasteiger charge is -2.35. The molecule has 0 aliphatic carbocycles. The summed E-state index contributed by atoms with van der Waals surface area (Å²) in [5.74, 6) is 1.56. The Hall–Kier alpha value is -1.32. The first-order chi connectivity index (χ1) is 9.49. The highest BCUT2D eigenvalue weighted by Crippen LogP contribution is 2.22. The highest BCUT2D eigenvalue weighted by molar-refractivity contribution is 5.76. The van der Waals surface area contributed by atoms with Crippen molar-refractivity contribution >= 4 is 5.91 Å². The van der Waals surface area contributed by atoms with Gasteiger partial charge in [0.2, 0.25) is 5.91 Å². The Kier molecular flexibility index (Phi) is 4.84. The van der Waals surface area contributed by atoms with E-state index in [2.05, 4.69) is 37.0 Å². The van der Waals surface area contributed by atoms with Crippen molar-refractivity contribution in [2.45, 2.75) is 53.5 Å². The summed E-state index contributed by atoms with van der Waals surface area (Å²) in [6.07, 6.45) is 4.73. The number of hydrogen-bond acceptors (Lipinski definition) is 2. The molecule has 0 radical (unpaired) electrons. The maximum absolute atomic E-state index is 12.3. The normalized spacial score (nSPS) is 23.1. The monoisotopic (exact) mass is 277 g/mol. The fourth-order valence-corrected chi connectivity index (χ4v) is 3.23. The summed E-state index contributed by atoms with van der Waals surface area (Å²) in [5.41, 5.74) is 2.26. The van der Waals surface area contributed by atoms with Gasteiger partial charge in [-0.25, -0.2) is 0 Å². The third-order valence-corrected chi connectivity index (χ3v) is 4.20. The van der Waals surface area contributed by atoms with Crippen LogP contribution in [0.1, 0.15) is 44.9 Å². The van der Waals surface area contributed by atoms with E-state index in [9.17, 15) is 4.79 Å². The Labute approximate surface area is 122 Å². The van der Waals surface area contributed by atoms with Crippen LogP contribution in [0.3, 0.4) is 0 Å².